The molecule has 1 aliphatic rings. The van der Waals surface area contributed by atoms with Gasteiger partial charge in [0, 0.05) is 18.0 Å². The third-order valence-corrected chi connectivity index (χ3v) is 4.88. The molecular formula is C14H25N3S. The molecular weight excluding hydrogens is 242 g/mol. The van der Waals surface area contributed by atoms with Gasteiger partial charge in [-0.1, -0.05) is 19.8 Å². The van der Waals surface area contributed by atoms with Crippen LogP contribution in [0.5, 0.6) is 0 Å². The maximum Gasteiger partial charge on any atom is 0.109 e. The van der Waals surface area contributed by atoms with E-state index >= 15 is 0 Å². The van der Waals surface area contributed by atoms with Gasteiger partial charge >= 0.3 is 0 Å². The molecule has 18 heavy (non-hydrogen) atoms. The first-order valence-corrected chi connectivity index (χ1v) is 7.96. The zero-order valence-electron chi connectivity index (χ0n) is 11.5. The molecule has 1 heterocycles. The second-order valence-corrected chi connectivity index (χ2v) is 6.55. The number of rotatable bonds is 4. The van der Waals surface area contributed by atoms with Crippen LogP contribution in [0.25, 0.3) is 0 Å². The van der Waals surface area contributed by atoms with Gasteiger partial charge in [0.25, 0.3) is 0 Å². The first-order valence-electron chi connectivity index (χ1n) is 7.08. The number of aromatic nitrogens is 1. The van der Waals surface area contributed by atoms with E-state index in [4.69, 9.17) is 5.73 Å². The third-order valence-electron chi connectivity index (χ3n) is 3.79. The van der Waals surface area contributed by atoms with Crippen molar-refractivity contribution in [2.75, 3.05) is 0 Å². The van der Waals surface area contributed by atoms with Gasteiger partial charge in [-0.3, -0.25) is 0 Å². The molecule has 3 atom stereocenters. The van der Waals surface area contributed by atoms with Crippen LogP contribution in [0.15, 0.2) is 5.38 Å². The number of nitrogens with one attached hydrogen (secondary N) is 1. The van der Waals surface area contributed by atoms with Gasteiger partial charge in [-0.2, -0.15) is 0 Å². The van der Waals surface area contributed by atoms with Gasteiger partial charge in [-0.05, 0) is 32.1 Å². The molecule has 0 saturated heterocycles. The predicted molar refractivity (Wildman–Crippen MR) is 77.6 cm³/mol. The van der Waals surface area contributed by atoms with Crippen LogP contribution in [-0.2, 0) is 6.54 Å². The summed E-state index contributed by atoms with van der Waals surface area (Å²) in [5.74, 6) is 0.903. The molecule has 1 aromatic rings. The summed E-state index contributed by atoms with van der Waals surface area (Å²) in [6, 6.07) is 0.734. The number of hydrogen-bond acceptors (Lipinski definition) is 4. The van der Waals surface area contributed by atoms with E-state index in [-0.39, 0.29) is 6.04 Å². The van der Waals surface area contributed by atoms with Crippen molar-refractivity contribution in [3.8, 4) is 0 Å². The Kier molecular flexibility index (Phi) is 5.15. The lowest BCUT2D eigenvalue weighted by Crippen LogP contribution is -2.28. The Morgan fingerprint density at radius 1 is 1.44 bits per heavy atom. The maximum atomic E-state index is 5.83. The van der Waals surface area contributed by atoms with Crippen LogP contribution in [0.4, 0.5) is 0 Å². The zero-order valence-corrected chi connectivity index (χ0v) is 12.3. The molecule has 1 aromatic heterocycles. The van der Waals surface area contributed by atoms with E-state index in [9.17, 15) is 0 Å². The van der Waals surface area contributed by atoms with Crippen molar-refractivity contribution in [3.63, 3.8) is 0 Å². The van der Waals surface area contributed by atoms with Crippen LogP contribution in [-0.4, -0.2) is 11.0 Å². The Morgan fingerprint density at radius 3 is 3.00 bits per heavy atom. The zero-order chi connectivity index (χ0) is 13.0. The minimum absolute atomic E-state index is 0.0579. The third kappa shape index (κ3) is 4.04. The Balaban J connectivity index is 1.79. The van der Waals surface area contributed by atoms with E-state index in [2.05, 4.69) is 22.6 Å². The lowest BCUT2D eigenvalue weighted by Gasteiger charge is -2.15. The van der Waals surface area contributed by atoms with Crippen molar-refractivity contribution < 1.29 is 0 Å². The summed E-state index contributed by atoms with van der Waals surface area (Å²) in [6.45, 7) is 5.25. The van der Waals surface area contributed by atoms with Crippen molar-refractivity contribution >= 4 is 11.3 Å². The monoisotopic (exact) mass is 267 g/mol. The summed E-state index contributed by atoms with van der Waals surface area (Å²) in [4.78, 5) is 4.56. The van der Waals surface area contributed by atoms with E-state index in [1.165, 1.54) is 32.1 Å². The minimum Gasteiger partial charge on any atom is -0.322 e. The number of hydrogen-bond donors (Lipinski definition) is 2. The summed E-state index contributed by atoms with van der Waals surface area (Å²) in [6.07, 6.45) is 6.74. The lowest BCUT2D eigenvalue weighted by atomic mass is 10.0. The normalized spacial score (nSPS) is 26.8. The highest BCUT2D eigenvalue weighted by atomic mass is 32.1. The fraction of sp³-hybridized carbons (Fsp3) is 0.786. The highest BCUT2D eigenvalue weighted by Gasteiger charge is 2.16. The lowest BCUT2D eigenvalue weighted by molar-refractivity contribution is 0.445. The SMILES string of the molecule is CC1CCCC(NCc2csc(C(C)N)n2)CC1. The molecule has 3 nitrogen and oxygen atoms in total. The summed E-state index contributed by atoms with van der Waals surface area (Å²) >= 11 is 1.67. The average Bonchev–Trinajstić information content (AvgIpc) is 2.72. The second kappa shape index (κ2) is 6.64. The summed E-state index contributed by atoms with van der Waals surface area (Å²) in [7, 11) is 0. The molecule has 1 fully saturated rings. The van der Waals surface area contributed by atoms with Gasteiger partial charge in [-0.15, -0.1) is 11.3 Å². The summed E-state index contributed by atoms with van der Waals surface area (Å²) < 4.78 is 0. The molecule has 3 unspecified atom stereocenters. The van der Waals surface area contributed by atoms with Crippen molar-refractivity contribution in [1.29, 1.82) is 0 Å². The quantitative estimate of drug-likeness (QED) is 0.824. The minimum atomic E-state index is 0.0579. The van der Waals surface area contributed by atoms with Crippen molar-refractivity contribution in [2.45, 2.75) is 64.6 Å². The Labute approximate surface area is 114 Å². The van der Waals surface area contributed by atoms with Gasteiger partial charge in [0.15, 0.2) is 0 Å². The Hall–Kier alpha value is -0.450. The van der Waals surface area contributed by atoms with Crippen LogP contribution in [0, 0.1) is 5.92 Å². The predicted octanol–water partition coefficient (Wildman–Crippen LogP) is 3.22. The van der Waals surface area contributed by atoms with Gasteiger partial charge < -0.3 is 11.1 Å². The first-order chi connectivity index (χ1) is 8.65. The molecule has 0 radical (unpaired) electrons. The molecule has 1 aliphatic carbocycles. The summed E-state index contributed by atoms with van der Waals surface area (Å²) in [5, 5.41) is 6.83. The summed E-state index contributed by atoms with van der Waals surface area (Å²) in [5.41, 5.74) is 6.97. The topological polar surface area (TPSA) is 50.9 Å². The van der Waals surface area contributed by atoms with Crippen LogP contribution in [0.1, 0.15) is 62.7 Å². The molecule has 0 spiro atoms. The molecule has 4 heteroatoms. The number of nitrogens with two attached hydrogens (primary N) is 1. The molecule has 2 rings (SSSR count). The second-order valence-electron chi connectivity index (χ2n) is 5.66. The van der Waals surface area contributed by atoms with Crippen LogP contribution in [0.3, 0.4) is 0 Å². The molecule has 0 aliphatic heterocycles. The van der Waals surface area contributed by atoms with E-state index < -0.39 is 0 Å². The molecule has 0 bridgehead atoms. The van der Waals surface area contributed by atoms with Gasteiger partial charge in [-0.25, -0.2) is 4.98 Å². The molecule has 0 aromatic carbocycles. The number of thiazole rings is 1. The van der Waals surface area contributed by atoms with Gasteiger partial charge in [0.2, 0.25) is 0 Å². The van der Waals surface area contributed by atoms with Crippen LogP contribution in [0.2, 0.25) is 0 Å². The Bertz CT molecular complexity index is 362. The van der Waals surface area contributed by atoms with Crippen molar-refractivity contribution in [3.05, 3.63) is 16.1 Å². The first kappa shape index (κ1) is 14.0. The van der Waals surface area contributed by atoms with Crippen molar-refractivity contribution in [2.24, 2.45) is 11.7 Å². The standard InChI is InChI=1S/C14H25N3S/c1-10-4-3-5-12(7-6-10)16-8-13-9-18-14(17-13)11(2)15/h9-12,16H,3-8,15H2,1-2H3. The largest absolute Gasteiger partial charge is 0.322 e. The van der Waals surface area contributed by atoms with E-state index in [0.717, 1.165) is 23.2 Å². The van der Waals surface area contributed by atoms with E-state index in [1.54, 1.807) is 11.3 Å². The highest BCUT2D eigenvalue weighted by Crippen LogP contribution is 2.23. The molecule has 1 saturated carbocycles. The fourth-order valence-electron chi connectivity index (χ4n) is 2.55. The van der Waals surface area contributed by atoms with E-state index in [0.29, 0.717) is 6.04 Å². The van der Waals surface area contributed by atoms with E-state index in [1.807, 2.05) is 6.92 Å². The molecule has 3 N–H and O–H groups in total. The average molecular weight is 267 g/mol. The number of nitrogens with zero attached hydrogens (tertiary/aromatic N) is 1. The maximum absolute atomic E-state index is 5.83. The van der Waals surface area contributed by atoms with Gasteiger partial charge in [0.05, 0.1) is 11.7 Å². The molecule has 0 amide bonds. The van der Waals surface area contributed by atoms with Gasteiger partial charge in [0.1, 0.15) is 5.01 Å². The molecule has 102 valence electrons. The highest BCUT2D eigenvalue weighted by molar-refractivity contribution is 7.09. The smallest absolute Gasteiger partial charge is 0.109 e. The Morgan fingerprint density at radius 2 is 2.28 bits per heavy atom. The van der Waals surface area contributed by atoms with Crippen molar-refractivity contribution in [1.82, 2.24) is 10.3 Å². The van der Waals surface area contributed by atoms with Crippen LogP contribution >= 0.6 is 11.3 Å². The van der Waals surface area contributed by atoms with Crippen LogP contribution < -0.4 is 11.1 Å². The fourth-order valence-corrected chi connectivity index (χ4v) is 3.33.